The summed E-state index contributed by atoms with van der Waals surface area (Å²) in [5.41, 5.74) is 1.65. The number of hydrogen-bond donors (Lipinski definition) is 0. The first-order valence-electron chi connectivity index (χ1n) is 10.6. The predicted octanol–water partition coefficient (Wildman–Crippen LogP) is 3.64. The van der Waals surface area contributed by atoms with E-state index < -0.39 is 0 Å². The number of carbonyl (C=O) groups excluding carboxylic acids is 3. The highest BCUT2D eigenvalue weighted by atomic mass is 16.2. The summed E-state index contributed by atoms with van der Waals surface area (Å²) in [7, 11) is 0. The lowest BCUT2D eigenvalue weighted by atomic mass is 9.93. The summed E-state index contributed by atoms with van der Waals surface area (Å²) in [5, 5.41) is 0. The minimum Gasteiger partial charge on any atom is -0.342 e. The average Bonchev–Trinajstić information content (AvgIpc) is 3.09. The summed E-state index contributed by atoms with van der Waals surface area (Å²) in [5.74, 6) is -0.178. The van der Waals surface area contributed by atoms with E-state index in [1.165, 1.54) is 4.90 Å². The average molecular weight is 405 g/mol. The van der Waals surface area contributed by atoms with Gasteiger partial charge in [0.25, 0.3) is 5.91 Å². The van der Waals surface area contributed by atoms with E-state index in [1.807, 2.05) is 60.4 Å². The lowest BCUT2D eigenvalue weighted by Gasteiger charge is -2.37. The van der Waals surface area contributed by atoms with Crippen molar-refractivity contribution in [2.45, 2.75) is 38.1 Å². The Balaban J connectivity index is 1.39. The van der Waals surface area contributed by atoms with Gasteiger partial charge in [-0.15, -0.1) is 0 Å². The van der Waals surface area contributed by atoms with E-state index in [1.54, 1.807) is 17.0 Å². The van der Waals surface area contributed by atoms with E-state index >= 15 is 0 Å². The Morgan fingerprint density at radius 3 is 2.17 bits per heavy atom. The first-order chi connectivity index (χ1) is 14.6. The van der Waals surface area contributed by atoms with Crippen LogP contribution in [-0.4, -0.2) is 53.3 Å². The molecule has 0 bridgehead atoms. The lowest BCUT2D eigenvalue weighted by molar-refractivity contribution is -0.134. The molecule has 0 saturated carbocycles. The van der Waals surface area contributed by atoms with Crippen LogP contribution in [0.5, 0.6) is 0 Å². The third-order valence-electron chi connectivity index (χ3n) is 6.13. The second kappa shape index (κ2) is 8.69. The van der Waals surface area contributed by atoms with Crippen LogP contribution in [0.4, 0.5) is 10.5 Å². The number of rotatable bonds is 5. The molecule has 2 heterocycles. The zero-order valence-electron chi connectivity index (χ0n) is 17.2. The number of imide groups is 1. The van der Waals surface area contributed by atoms with Crippen molar-refractivity contribution in [3.63, 3.8) is 0 Å². The van der Waals surface area contributed by atoms with Gasteiger partial charge in [0.1, 0.15) is 6.54 Å². The summed E-state index contributed by atoms with van der Waals surface area (Å²) >= 11 is 0. The highest BCUT2D eigenvalue weighted by Gasteiger charge is 2.42. The number of piperidine rings is 1. The minimum atomic E-state index is -0.258. The highest BCUT2D eigenvalue weighted by molar-refractivity contribution is 6.19. The van der Waals surface area contributed by atoms with Crippen LogP contribution in [0.25, 0.3) is 0 Å². The number of anilines is 1. The molecule has 4 rings (SSSR count). The summed E-state index contributed by atoms with van der Waals surface area (Å²) in [6.45, 7) is 3.36. The molecule has 2 aromatic rings. The fraction of sp³-hybridized carbons (Fsp3) is 0.375. The molecule has 2 aliphatic rings. The standard InChI is InChI=1S/C24H27N3O3/c1-2-21(18-9-5-3-6-10-18)23(29)25-15-13-19(14-16-25)26-17-22(28)27(24(26)30)20-11-7-4-8-12-20/h3-12,19,21H,2,13-17H2,1H3. The van der Waals surface area contributed by atoms with Crippen LogP contribution < -0.4 is 4.90 Å². The molecule has 0 aromatic heterocycles. The first-order valence-corrected chi connectivity index (χ1v) is 10.6. The molecule has 30 heavy (non-hydrogen) atoms. The molecule has 1 atom stereocenters. The minimum absolute atomic E-state index is 0.0176. The largest absolute Gasteiger partial charge is 0.342 e. The molecule has 4 amide bonds. The number of hydrogen-bond acceptors (Lipinski definition) is 3. The number of likely N-dealkylation sites (tertiary alicyclic amines) is 1. The third-order valence-corrected chi connectivity index (χ3v) is 6.13. The number of amides is 4. The fourth-order valence-corrected chi connectivity index (χ4v) is 4.49. The number of benzene rings is 2. The van der Waals surface area contributed by atoms with E-state index in [-0.39, 0.29) is 36.3 Å². The van der Waals surface area contributed by atoms with Gasteiger partial charge in [-0.2, -0.15) is 0 Å². The van der Waals surface area contributed by atoms with Crippen molar-refractivity contribution in [2.24, 2.45) is 0 Å². The molecule has 0 aliphatic carbocycles. The summed E-state index contributed by atoms with van der Waals surface area (Å²) in [6.07, 6.45) is 2.14. The summed E-state index contributed by atoms with van der Waals surface area (Å²) in [4.78, 5) is 43.4. The number of para-hydroxylation sites is 1. The zero-order valence-corrected chi connectivity index (χ0v) is 17.2. The Hall–Kier alpha value is -3.15. The second-order valence-electron chi connectivity index (χ2n) is 7.90. The Bertz CT molecular complexity index is 908. The summed E-state index contributed by atoms with van der Waals surface area (Å²) in [6, 6.07) is 18.7. The van der Waals surface area contributed by atoms with Crippen molar-refractivity contribution in [3.8, 4) is 0 Å². The molecule has 156 valence electrons. The quantitative estimate of drug-likeness (QED) is 0.714. The Kier molecular flexibility index (Phi) is 5.84. The molecule has 2 aliphatic heterocycles. The molecule has 0 radical (unpaired) electrons. The van der Waals surface area contributed by atoms with E-state index in [2.05, 4.69) is 0 Å². The molecule has 2 aromatic carbocycles. The number of urea groups is 1. The monoisotopic (exact) mass is 405 g/mol. The van der Waals surface area contributed by atoms with Gasteiger partial charge in [0, 0.05) is 19.1 Å². The molecule has 0 spiro atoms. The molecule has 1 unspecified atom stereocenters. The van der Waals surface area contributed by atoms with Crippen LogP contribution in [0.15, 0.2) is 60.7 Å². The Morgan fingerprint density at radius 1 is 0.967 bits per heavy atom. The van der Waals surface area contributed by atoms with Gasteiger partial charge in [0.05, 0.1) is 11.6 Å². The Labute approximate surface area is 177 Å². The van der Waals surface area contributed by atoms with Gasteiger partial charge in [0.2, 0.25) is 5.91 Å². The topological polar surface area (TPSA) is 60.9 Å². The van der Waals surface area contributed by atoms with Gasteiger partial charge >= 0.3 is 6.03 Å². The maximum absolute atomic E-state index is 13.1. The fourth-order valence-electron chi connectivity index (χ4n) is 4.49. The van der Waals surface area contributed by atoms with Gasteiger partial charge in [-0.05, 0) is 37.0 Å². The van der Waals surface area contributed by atoms with Crippen LogP contribution in [0.3, 0.4) is 0 Å². The molecule has 2 fully saturated rings. The van der Waals surface area contributed by atoms with E-state index in [0.29, 0.717) is 31.6 Å². The third kappa shape index (κ3) is 3.82. The highest BCUT2D eigenvalue weighted by Crippen LogP contribution is 2.28. The smallest absolute Gasteiger partial charge is 0.332 e. The normalized spacial score (nSPS) is 18.8. The van der Waals surface area contributed by atoms with Crippen LogP contribution in [-0.2, 0) is 9.59 Å². The number of nitrogens with zero attached hydrogens (tertiary/aromatic N) is 3. The van der Waals surface area contributed by atoms with Gasteiger partial charge in [-0.25, -0.2) is 9.69 Å². The lowest BCUT2D eigenvalue weighted by Crippen LogP contribution is -2.49. The summed E-state index contributed by atoms with van der Waals surface area (Å²) < 4.78 is 0. The molecule has 6 nitrogen and oxygen atoms in total. The van der Waals surface area contributed by atoms with Crippen molar-refractivity contribution in [2.75, 3.05) is 24.5 Å². The van der Waals surface area contributed by atoms with E-state index in [9.17, 15) is 14.4 Å². The van der Waals surface area contributed by atoms with Crippen molar-refractivity contribution in [1.29, 1.82) is 0 Å². The predicted molar refractivity (Wildman–Crippen MR) is 115 cm³/mol. The van der Waals surface area contributed by atoms with Crippen molar-refractivity contribution < 1.29 is 14.4 Å². The molecular formula is C24H27N3O3. The van der Waals surface area contributed by atoms with Crippen LogP contribution in [0, 0.1) is 0 Å². The molecular weight excluding hydrogens is 378 g/mol. The molecule has 2 saturated heterocycles. The van der Waals surface area contributed by atoms with Crippen LogP contribution >= 0.6 is 0 Å². The zero-order chi connectivity index (χ0) is 21.1. The van der Waals surface area contributed by atoms with Crippen molar-refractivity contribution >= 4 is 23.5 Å². The van der Waals surface area contributed by atoms with Gasteiger partial charge in [0.15, 0.2) is 0 Å². The van der Waals surface area contributed by atoms with Gasteiger partial charge in [-0.1, -0.05) is 55.5 Å². The van der Waals surface area contributed by atoms with Crippen molar-refractivity contribution in [1.82, 2.24) is 9.80 Å². The van der Waals surface area contributed by atoms with Crippen LogP contribution in [0.1, 0.15) is 37.7 Å². The van der Waals surface area contributed by atoms with E-state index in [4.69, 9.17) is 0 Å². The van der Waals surface area contributed by atoms with Gasteiger partial charge in [-0.3, -0.25) is 9.59 Å². The first kappa shape index (κ1) is 20.1. The van der Waals surface area contributed by atoms with Gasteiger partial charge < -0.3 is 9.80 Å². The van der Waals surface area contributed by atoms with Crippen LogP contribution in [0.2, 0.25) is 0 Å². The number of carbonyl (C=O) groups is 3. The molecule has 6 heteroatoms. The van der Waals surface area contributed by atoms with E-state index in [0.717, 1.165) is 12.0 Å². The Morgan fingerprint density at radius 2 is 1.57 bits per heavy atom. The SMILES string of the molecule is CCC(C(=O)N1CCC(N2CC(=O)N(c3ccccc3)C2=O)CC1)c1ccccc1. The second-order valence-corrected chi connectivity index (χ2v) is 7.90. The maximum atomic E-state index is 13.1. The maximum Gasteiger partial charge on any atom is 0.332 e. The van der Waals surface area contributed by atoms with Crippen molar-refractivity contribution in [3.05, 3.63) is 66.2 Å². The molecule has 0 N–H and O–H groups in total.